The molecule has 5 aromatic rings. The Morgan fingerprint density at radius 2 is 1.20 bits per heavy atom. The fourth-order valence-electron chi connectivity index (χ4n) is 11.9. The molecule has 3 heterocycles. The lowest BCUT2D eigenvalue weighted by Gasteiger charge is -2.28. The summed E-state index contributed by atoms with van der Waals surface area (Å²) in [7, 11) is 1.51. The molecule has 3 aromatic carbocycles. The Kier molecular flexibility index (Phi) is 37.2. The smallest absolute Gasteiger partial charge is 0.308 e. The second kappa shape index (κ2) is 46.2. The van der Waals surface area contributed by atoms with E-state index in [-0.39, 0.29) is 95.1 Å². The number of rotatable bonds is 33. The van der Waals surface area contributed by atoms with E-state index >= 15 is 0 Å². The van der Waals surface area contributed by atoms with Crippen molar-refractivity contribution in [3.63, 3.8) is 0 Å². The van der Waals surface area contributed by atoms with Crippen molar-refractivity contribution >= 4 is 118 Å². The predicted molar refractivity (Wildman–Crippen MR) is 422 cm³/mol. The van der Waals surface area contributed by atoms with Crippen molar-refractivity contribution in [3.05, 3.63) is 120 Å². The third kappa shape index (κ3) is 28.2. The van der Waals surface area contributed by atoms with Gasteiger partial charge in [-0.1, -0.05) is 88.0 Å². The molecule has 0 bridgehead atoms. The molecule has 12 amide bonds. The van der Waals surface area contributed by atoms with Crippen LogP contribution in [0.15, 0.2) is 107 Å². The zero-order valence-electron chi connectivity index (χ0n) is 64.9. The summed E-state index contributed by atoms with van der Waals surface area (Å²) in [5, 5.41) is 57.7. The van der Waals surface area contributed by atoms with E-state index in [1.807, 2.05) is 0 Å². The lowest BCUT2D eigenvalue weighted by Crippen LogP contribution is -2.61. The Bertz CT molecular complexity index is 4180. The summed E-state index contributed by atoms with van der Waals surface area (Å²) in [5.74, 6) is -13.2. The molecule has 1 aliphatic rings. The van der Waals surface area contributed by atoms with Gasteiger partial charge in [-0.2, -0.15) is 9.78 Å². The molecule has 1 aliphatic heterocycles. The van der Waals surface area contributed by atoms with Crippen molar-refractivity contribution in [2.75, 3.05) is 46.4 Å². The maximum Gasteiger partial charge on any atom is 0.308 e. The molecule has 12 atom stereocenters. The first-order chi connectivity index (χ1) is 54.4. The number of carbonyl (C=O) groups excluding carboxylic acids is 14. The third-order valence-corrected chi connectivity index (χ3v) is 19.1. The van der Waals surface area contributed by atoms with Crippen LogP contribution in [0.2, 0.25) is 0 Å². The van der Waals surface area contributed by atoms with Crippen molar-refractivity contribution in [1.82, 2.24) is 78.6 Å². The van der Waals surface area contributed by atoms with E-state index in [2.05, 4.69) is 68.8 Å². The molecule has 0 saturated carbocycles. The van der Waals surface area contributed by atoms with Crippen LogP contribution < -0.4 is 86.7 Å². The molecular formula is C77H107N19O17S. The van der Waals surface area contributed by atoms with Crippen molar-refractivity contribution in [3.8, 4) is 0 Å². The van der Waals surface area contributed by atoms with Crippen LogP contribution in [0.25, 0.3) is 23.1 Å². The summed E-state index contributed by atoms with van der Waals surface area (Å²) < 4.78 is 6.55. The first kappa shape index (κ1) is 91.8. The first-order valence-electron chi connectivity index (χ1n) is 37.7. The minimum atomic E-state index is -1.84. The van der Waals surface area contributed by atoms with E-state index in [4.69, 9.17) is 32.8 Å². The number of ether oxygens (including phenoxy) is 1. The van der Waals surface area contributed by atoms with Gasteiger partial charge in [0.15, 0.2) is 0 Å². The molecule has 37 heteroatoms. The van der Waals surface area contributed by atoms with Crippen LogP contribution in [0.3, 0.4) is 0 Å². The van der Waals surface area contributed by atoms with Crippen molar-refractivity contribution < 1.29 is 82.1 Å². The maximum atomic E-state index is 15.0. The van der Waals surface area contributed by atoms with Gasteiger partial charge in [0, 0.05) is 60.6 Å². The van der Waals surface area contributed by atoms with E-state index in [1.165, 1.54) is 25.7 Å². The molecule has 1 fully saturated rings. The second-order valence-corrected chi connectivity index (χ2v) is 29.1. The summed E-state index contributed by atoms with van der Waals surface area (Å²) in [6, 6.07) is 10.2. The SMILES string of the molecule is CNC(=O)c1ccccc1Sc1ccc2c(/C=C/c3ccccn3)nn(C(=O)C(CCOC(=O)C(C)C)NC(=O)CCC(=O)N[C@H](C(=O)N[C@H](CCN)C(=O)N[C@H]3CCNC(=O)[C@H]([C@@H](C)O)NC(=O)[C@H](CCN)NC(=O)[C@H](CCN)NC(=O)[C@H](CC(C)C)NC(=O)[C@@H](Cc4ccccc4)NC(=O)[C@H](CCN)NC3=O)[C@@H](C)O)c2c1. The van der Waals surface area contributed by atoms with Crippen LogP contribution in [-0.4, -0.2) is 227 Å². The molecule has 0 aliphatic carbocycles. The molecule has 6 rings (SSSR count). The van der Waals surface area contributed by atoms with Crippen LogP contribution in [0, 0.1) is 11.8 Å². The van der Waals surface area contributed by atoms with Gasteiger partial charge < -0.3 is 102 Å². The average molecular weight is 1600 g/mol. The Labute approximate surface area is 664 Å². The standard InChI is InChI=1S/C77H107N19O17S/c1-42(2)39-58-72(107)88-52(26-32-78)67(102)87-55(29-35-81)71(106)94-64(44(5)97)74(109)84-37-30-56(70(105)86-53(27-33-79)69(104)92-59(73(108)91-58)40-46-15-9-8-10-16-46)89-68(103)54(28-34-80)90-75(110)65(45(6)98)93-63(100)25-24-62(99)85-57(31-38-113-77(112)43(3)4)76(111)96-60-41-48(114-61-19-12-11-18-50(61)66(101)82-7)21-22-49(60)51(95-96)23-20-47-17-13-14-36-83-47/h8-23,36,41-45,52-59,64-65,97-98H,24-35,37-40,78-81H2,1-7H3,(H,82,101)(H,84,109)(H,85,99)(H,86,105)(H,87,102)(H,88,107)(H,89,103)(H,90,110)(H,91,108)(H,92,104)(H,93,100)(H,94,106)/b23-20+/t44-,45-,52+,53+,54-,55+,56+,57?,58+,59-,64+,65+/m1/s1. The quantitative estimate of drug-likeness (QED) is 0.0201. The Hall–Kier alpha value is -11.1. The monoisotopic (exact) mass is 1600 g/mol. The molecule has 0 radical (unpaired) electrons. The molecule has 36 nitrogen and oxygen atoms in total. The Balaban J connectivity index is 1.25. The normalized spacial score (nSPS) is 19.7. The second-order valence-electron chi connectivity index (χ2n) is 28.0. The Morgan fingerprint density at radius 3 is 1.79 bits per heavy atom. The minimum Gasteiger partial charge on any atom is -0.465 e. The number of amides is 12. The van der Waals surface area contributed by atoms with Gasteiger partial charge in [-0.15, -0.1) is 0 Å². The fraction of sp³-hybridized carbons (Fsp3) is 0.481. The van der Waals surface area contributed by atoms with Crippen LogP contribution in [0.4, 0.5) is 0 Å². The molecule has 1 saturated heterocycles. The van der Waals surface area contributed by atoms with Gasteiger partial charge in [-0.3, -0.25) is 72.1 Å². The molecule has 1 unspecified atom stereocenters. The third-order valence-electron chi connectivity index (χ3n) is 18.0. The maximum absolute atomic E-state index is 15.0. The van der Waals surface area contributed by atoms with Crippen LogP contribution in [0.1, 0.15) is 131 Å². The number of fused-ring (bicyclic) bond motifs is 1. The number of aliphatic hydroxyl groups excluding tert-OH is 2. The lowest BCUT2D eigenvalue weighted by molar-refractivity contribution is -0.147. The van der Waals surface area contributed by atoms with Crippen molar-refractivity contribution in [1.29, 1.82) is 0 Å². The molecule has 114 heavy (non-hydrogen) atoms. The van der Waals surface area contributed by atoms with E-state index in [9.17, 15) is 77.3 Å². The average Bonchev–Trinajstić information content (AvgIpc) is 1.63. The van der Waals surface area contributed by atoms with E-state index < -0.39 is 181 Å². The lowest BCUT2D eigenvalue weighted by atomic mass is 10.00. The number of carbonyl (C=O) groups is 14. The number of esters is 1. The first-order valence-corrected chi connectivity index (χ1v) is 38.5. The van der Waals surface area contributed by atoms with Crippen LogP contribution in [0.5, 0.6) is 0 Å². The number of nitrogens with one attached hydrogen (secondary N) is 12. The number of hydrogen-bond donors (Lipinski definition) is 18. The number of benzene rings is 3. The van der Waals surface area contributed by atoms with Crippen molar-refractivity contribution in [2.24, 2.45) is 34.8 Å². The molecule has 0 spiro atoms. The van der Waals surface area contributed by atoms with E-state index in [0.29, 0.717) is 37.7 Å². The van der Waals surface area contributed by atoms with Crippen molar-refractivity contribution in [2.45, 2.75) is 188 Å². The topological polar surface area (TPSA) is 568 Å². The number of aromatic nitrogens is 3. The zero-order chi connectivity index (χ0) is 83.7. The number of pyridine rings is 1. The highest BCUT2D eigenvalue weighted by molar-refractivity contribution is 7.99. The minimum absolute atomic E-state index is 0.0136. The van der Waals surface area contributed by atoms with Gasteiger partial charge in [0.2, 0.25) is 65.0 Å². The summed E-state index contributed by atoms with van der Waals surface area (Å²) >= 11 is 1.25. The number of nitrogens with zero attached hydrogens (tertiary/aromatic N) is 3. The van der Waals surface area contributed by atoms with Gasteiger partial charge in [0.1, 0.15) is 60.4 Å². The summed E-state index contributed by atoms with van der Waals surface area (Å²) in [6.07, 6.45) is -1.60. The molecular weight excluding hydrogens is 1500 g/mol. The van der Waals surface area contributed by atoms with Crippen LogP contribution >= 0.6 is 11.8 Å². The van der Waals surface area contributed by atoms with Gasteiger partial charge >= 0.3 is 5.97 Å². The largest absolute Gasteiger partial charge is 0.465 e. The molecule has 2 aromatic heterocycles. The summed E-state index contributed by atoms with van der Waals surface area (Å²) in [5.41, 5.74) is 25.9. The van der Waals surface area contributed by atoms with E-state index in [1.54, 1.807) is 137 Å². The number of hydrogen-bond acceptors (Lipinski definition) is 24. The highest BCUT2D eigenvalue weighted by Gasteiger charge is 2.38. The van der Waals surface area contributed by atoms with Gasteiger partial charge in [-0.25, -0.2) is 0 Å². The molecule has 618 valence electrons. The van der Waals surface area contributed by atoms with Gasteiger partial charge in [0.05, 0.1) is 47.2 Å². The number of aliphatic hydroxyl groups is 2. The van der Waals surface area contributed by atoms with Crippen LogP contribution in [-0.2, 0) is 68.7 Å². The summed E-state index contributed by atoms with van der Waals surface area (Å²) in [4.78, 5) is 203. The highest BCUT2D eigenvalue weighted by Crippen LogP contribution is 2.34. The molecule has 22 N–H and O–H groups in total. The van der Waals surface area contributed by atoms with E-state index in [0.717, 1.165) is 11.6 Å². The highest BCUT2D eigenvalue weighted by atomic mass is 32.2. The number of nitrogens with two attached hydrogens (primary N) is 4. The zero-order valence-corrected chi connectivity index (χ0v) is 65.7. The predicted octanol–water partition coefficient (Wildman–Crippen LogP) is -2.06. The Morgan fingerprint density at radius 1 is 0.623 bits per heavy atom. The van der Waals surface area contributed by atoms with Gasteiger partial charge in [-0.05, 0) is 145 Å². The fourth-order valence-corrected chi connectivity index (χ4v) is 12.9. The summed E-state index contributed by atoms with van der Waals surface area (Å²) in [6.45, 7) is 7.35. The van der Waals surface area contributed by atoms with Gasteiger partial charge in [0.25, 0.3) is 11.8 Å².